The van der Waals surface area contributed by atoms with Gasteiger partial charge in [-0.3, -0.25) is 13.9 Å². The highest BCUT2D eigenvalue weighted by atomic mass is 35.5. The summed E-state index contributed by atoms with van der Waals surface area (Å²) in [6.07, 6.45) is 1.99. The van der Waals surface area contributed by atoms with Crippen molar-refractivity contribution in [2.75, 3.05) is 17.1 Å². The molecule has 7 nitrogen and oxygen atoms in total. The molecular weight excluding hydrogens is 557 g/mol. The molecule has 39 heavy (non-hydrogen) atoms. The van der Waals surface area contributed by atoms with Crippen molar-refractivity contribution in [2.45, 2.75) is 45.3 Å². The maximum absolute atomic E-state index is 14.0. The van der Waals surface area contributed by atoms with Crippen LogP contribution >= 0.6 is 23.2 Å². The Morgan fingerprint density at radius 3 is 2.13 bits per heavy atom. The Hall–Kier alpha value is -3.07. The van der Waals surface area contributed by atoms with E-state index in [1.165, 1.54) is 17.0 Å². The van der Waals surface area contributed by atoms with Gasteiger partial charge in [-0.2, -0.15) is 0 Å². The molecule has 0 saturated carbocycles. The van der Waals surface area contributed by atoms with Gasteiger partial charge in [-0.15, -0.1) is 0 Å². The molecule has 0 saturated heterocycles. The Bertz CT molecular complexity index is 1370. The van der Waals surface area contributed by atoms with Gasteiger partial charge in [-0.05, 0) is 60.9 Å². The maximum Gasteiger partial charge on any atom is 0.244 e. The van der Waals surface area contributed by atoms with Gasteiger partial charge in [0, 0.05) is 29.1 Å². The Labute approximate surface area is 240 Å². The average Bonchev–Trinajstić information content (AvgIpc) is 2.89. The number of rotatable bonds is 12. The molecule has 2 unspecified atom stereocenters. The summed E-state index contributed by atoms with van der Waals surface area (Å²) in [5.41, 5.74) is 1.87. The topological polar surface area (TPSA) is 86.8 Å². The predicted molar refractivity (Wildman–Crippen MR) is 157 cm³/mol. The van der Waals surface area contributed by atoms with Gasteiger partial charge in [-0.1, -0.05) is 72.6 Å². The van der Waals surface area contributed by atoms with Crippen LogP contribution in [0.1, 0.15) is 31.4 Å². The van der Waals surface area contributed by atoms with Gasteiger partial charge in [0.15, 0.2) is 0 Å². The summed E-state index contributed by atoms with van der Waals surface area (Å²) in [5.74, 6) is -0.850. The van der Waals surface area contributed by atoms with Crippen LogP contribution in [-0.2, 0) is 32.6 Å². The first-order valence-corrected chi connectivity index (χ1v) is 15.2. The second-order valence-electron chi connectivity index (χ2n) is 9.42. The van der Waals surface area contributed by atoms with E-state index < -0.39 is 28.5 Å². The normalized spacial score (nSPS) is 12.8. The van der Waals surface area contributed by atoms with Crippen molar-refractivity contribution in [1.29, 1.82) is 0 Å². The fraction of sp³-hybridized carbons (Fsp3) is 0.310. The third-order valence-corrected chi connectivity index (χ3v) is 7.94. The van der Waals surface area contributed by atoms with Crippen LogP contribution < -0.4 is 9.62 Å². The molecule has 0 fully saturated rings. The van der Waals surface area contributed by atoms with Crippen molar-refractivity contribution in [2.24, 2.45) is 0 Å². The van der Waals surface area contributed by atoms with E-state index in [0.717, 1.165) is 16.1 Å². The number of nitrogens with one attached hydrogen (secondary N) is 1. The van der Waals surface area contributed by atoms with Crippen LogP contribution in [0.5, 0.6) is 0 Å². The molecule has 0 aromatic heterocycles. The highest BCUT2D eigenvalue weighted by Gasteiger charge is 2.33. The van der Waals surface area contributed by atoms with Crippen LogP contribution in [0.15, 0.2) is 78.9 Å². The molecule has 0 heterocycles. The lowest BCUT2D eigenvalue weighted by Gasteiger charge is -2.34. The van der Waals surface area contributed by atoms with Crippen molar-refractivity contribution < 1.29 is 18.0 Å². The van der Waals surface area contributed by atoms with Gasteiger partial charge in [0.2, 0.25) is 21.8 Å². The number of benzene rings is 3. The Balaban J connectivity index is 2.05. The Morgan fingerprint density at radius 1 is 0.897 bits per heavy atom. The van der Waals surface area contributed by atoms with E-state index in [4.69, 9.17) is 23.2 Å². The molecule has 1 N–H and O–H groups in total. The first-order chi connectivity index (χ1) is 18.5. The van der Waals surface area contributed by atoms with E-state index in [0.29, 0.717) is 27.7 Å². The van der Waals surface area contributed by atoms with Gasteiger partial charge in [-0.25, -0.2) is 8.42 Å². The third-order valence-electron chi connectivity index (χ3n) is 6.31. The monoisotopic (exact) mass is 589 g/mol. The fourth-order valence-corrected chi connectivity index (χ4v) is 5.24. The van der Waals surface area contributed by atoms with Gasteiger partial charge in [0.05, 0.1) is 11.9 Å². The molecule has 3 aromatic rings. The molecule has 208 valence electrons. The number of carbonyl (C=O) groups is 2. The summed E-state index contributed by atoms with van der Waals surface area (Å²) in [6, 6.07) is 21.6. The number of halogens is 2. The molecule has 0 spiro atoms. The predicted octanol–water partition coefficient (Wildman–Crippen LogP) is 5.31. The molecule has 2 amide bonds. The molecule has 10 heteroatoms. The lowest BCUT2D eigenvalue weighted by molar-refractivity contribution is -0.140. The minimum atomic E-state index is -3.85. The molecule has 0 aliphatic rings. The molecule has 3 rings (SSSR count). The van der Waals surface area contributed by atoms with Crippen molar-refractivity contribution in [3.05, 3.63) is 100 Å². The van der Waals surface area contributed by atoms with Crippen molar-refractivity contribution >= 4 is 50.7 Å². The van der Waals surface area contributed by atoms with Crippen molar-refractivity contribution in [3.63, 3.8) is 0 Å². The van der Waals surface area contributed by atoms with Crippen LogP contribution in [0.4, 0.5) is 5.69 Å². The zero-order valence-corrected chi connectivity index (χ0v) is 24.5. The second kappa shape index (κ2) is 13.8. The number of hydrogen-bond acceptors (Lipinski definition) is 4. The molecule has 0 bridgehead atoms. The third kappa shape index (κ3) is 8.98. The number of nitrogens with zero attached hydrogens (tertiary/aromatic N) is 2. The second-order valence-corrected chi connectivity index (χ2v) is 12.2. The summed E-state index contributed by atoms with van der Waals surface area (Å²) in [5, 5.41) is 3.92. The summed E-state index contributed by atoms with van der Waals surface area (Å²) in [7, 11) is -3.85. The Kier molecular flexibility index (Phi) is 10.8. The van der Waals surface area contributed by atoms with E-state index in [1.807, 2.05) is 50.2 Å². The quantitative estimate of drug-likeness (QED) is 0.310. The van der Waals surface area contributed by atoms with E-state index in [2.05, 4.69) is 5.32 Å². The number of carbonyl (C=O) groups excluding carboxylic acids is 2. The minimum Gasteiger partial charge on any atom is -0.352 e. The Morgan fingerprint density at radius 2 is 1.54 bits per heavy atom. The van der Waals surface area contributed by atoms with E-state index in [-0.39, 0.29) is 24.9 Å². The van der Waals surface area contributed by atoms with E-state index >= 15 is 0 Å². The summed E-state index contributed by atoms with van der Waals surface area (Å²) < 4.78 is 26.6. The first-order valence-electron chi connectivity index (χ1n) is 12.6. The van der Waals surface area contributed by atoms with Crippen molar-refractivity contribution in [3.8, 4) is 0 Å². The molecule has 0 radical (unpaired) electrons. The smallest absolute Gasteiger partial charge is 0.244 e. The average molecular weight is 591 g/mol. The highest BCUT2D eigenvalue weighted by Crippen LogP contribution is 2.23. The fourth-order valence-electron chi connectivity index (χ4n) is 4.05. The van der Waals surface area contributed by atoms with E-state index in [1.54, 1.807) is 30.3 Å². The van der Waals surface area contributed by atoms with Crippen LogP contribution in [0.25, 0.3) is 0 Å². The molecule has 0 aliphatic heterocycles. The SMILES string of the molecule is CCC(C)NC(=O)C(Cc1ccccc1)N(Cc1cccc(Cl)c1)C(=O)CN(c1ccc(Cl)cc1)S(C)(=O)=O. The molecule has 2 atom stereocenters. The zero-order chi connectivity index (χ0) is 28.6. The number of sulfonamides is 1. The van der Waals surface area contributed by atoms with Crippen LogP contribution in [-0.4, -0.2) is 50.0 Å². The first kappa shape index (κ1) is 30.5. The molecular formula is C29H33Cl2N3O4S. The minimum absolute atomic E-state index is 0.0586. The maximum atomic E-state index is 14.0. The number of amides is 2. The van der Waals surface area contributed by atoms with Crippen LogP contribution in [0.3, 0.4) is 0 Å². The van der Waals surface area contributed by atoms with Crippen molar-refractivity contribution in [1.82, 2.24) is 10.2 Å². The molecule has 0 aliphatic carbocycles. The van der Waals surface area contributed by atoms with Crippen LogP contribution in [0.2, 0.25) is 10.0 Å². The zero-order valence-electron chi connectivity index (χ0n) is 22.2. The largest absolute Gasteiger partial charge is 0.352 e. The standard InChI is InChI=1S/C29H33Cl2N3O4S/c1-4-21(2)32-29(36)27(18-22-9-6-5-7-10-22)33(19-23-11-8-12-25(31)17-23)28(35)20-34(39(3,37)38)26-15-13-24(30)14-16-26/h5-17,21,27H,4,18-20H2,1-3H3,(H,32,36). The summed E-state index contributed by atoms with van der Waals surface area (Å²) in [6.45, 7) is 3.42. The molecule has 3 aromatic carbocycles. The summed E-state index contributed by atoms with van der Waals surface area (Å²) in [4.78, 5) is 29.1. The number of hydrogen-bond donors (Lipinski definition) is 1. The van der Waals surface area contributed by atoms with Crippen LogP contribution in [0, 0.1) is 0 Å². The lowest BCUT2D eigenvalue weighted by Crippen LogP contribution is -2.54. The highest BCUT2D eigenvalue weighted by molar-refractivity contribution is 7.92. The number of anilines is 1. The lowest BCUT2D eigenvalue weighted by atomic mass is 10.0. The van der Waals surface area contributed by atoms with Gasteiger partial charge in [0.1, 0.15) is 12.6 Å². The van der Waals surface area contributed by atoms with Gasteiger partial charge >= 0.3 is 0 Å². The summed E-state index contributed by atoms with van der Waals surface area (Å²) >= 11 is 12.2. The van der Waals surface area contributed by atoms with Gasteiger partial charge in [0.25, 0.3) is 0 Å². The van der Waals surface area contributed by atoms with Gasteiger partial charge < -0.3 is 10.2 Å². The van der Waals surface area contributed by atoms with E-state index in [9.17, 15) is 18.0 Å².